The van der Waals surface area contributed by atoms with Crippen LogP contribution < -0.4 is 0 Å². The number of carbonyl (C=O) groups is 1. The SMILES string of the molecule is CC1CC2CC(C2)CC(C)(OC(=O)C(C)CN2CCC(C(C)(C)C)CC2)C1. The van der Waals surface area contributed by atoms with Crippen LogP contribution in [0.1, 0.15) is 86.5 Å². The Morgan fingerprint density at radius 2 is 1.74 bits per heavy atom. The second kappa shape index (κ2) is 8.05. The van der Waals surface area contributed by atoms with Crippen molar-refractivity contribution in [2.45, 2.75) is 92.1 Å². The molecular weight excluding hydrogens is 334 g/mol. The van der Waals surface area contributed by atoms with E-state index in [0.29, 0.717) is 11.3 Å². The van der Waals surface area contributed by atoms with Gasteiger partial charge in [0.25, 0.3) is 0 Å². The fraction of sp³-hybridized carbons (Fsp3) is 0.958. The highest BCUT2D eigenvalue weighted by molar-refractivity contribution is 5.72. The van der Waals surface area contributed by atoms with Crippen molar-refractivity contribution in [1.29, 1.82) is 0 Å². The third kappa shape index (κ3) is 5.49. The van der Waals surface area contributed by atoms with E-state index >= 15 is 0 Å². The quantitative estimate of drug-likeness (QED) is 0.603. The van der Waals surface area contributed by atoms with Crippen molar-refractivity contribution in [3.05, 3.63) is 0 Å². The van der Waals surface area contributed by atoms with Gasteiger partial charge in [0, 0.05) is 6.54 Å². The number of hydrogen-bond acceptors (Lipinski definition) is 3. The number of hydrogen-bond donors (Lipinski definition) is 0. The first kappa shape index (κ1) is 21.1. The molecule has 1 saturated heterocycles. The normalized spacial score (nSPS) is 37.0. The van der Waals surface area contributed by atoms with Crippen molar-refractivity contribution in [2.24, 2.45) is 35.0 Å². The van der Waals surface area contributed by atoms with Crippen molar-refractivity contribution in [2.75, 3.05) is 19.6 Å². The first-order valence-corrected chi connectivity index (χ1v) is 11.5. The molecule has 156 valence electrons. The molecule has 0 aromatic carbocycles. The molecule has 3 nitrogen and oxygen atoms in total. The van der Waals surface area contributed by atoms with Gasteiger partial charge in [0.05, 0.1) is 5.92 Å². The van der Waals surface area contributed by atoms with Crippen LogP contribution in [0.3, 0.4) is 0 Å². The summed E-state index contributed by atoms with van der Waals surface area (Å²) in [5.41, 5.74) is 0.153. The fourth-order valence-corrected chi connectivity index (χ4v) is 6.19. The minimum Gasteiger partial charge on any atom is -0.459 e. The van der Waals surface area contributed by atoms with Crippen LogP contribution in [0.15, 0.2) is 0 Å². The molecule has 4 fully saturated rings. The van der Waals surface area contributed by atoms with Crippen LogP contribution in [-0.2, 0) is 9.53 Å². The molecule has 0 aromatic rings. The molecule has 0 amide bonds. The van der Waals surface area contributed by atoms with Crippen LogP contribution in [0.25, 0.3) is 0 Å². The lowest BCUT2D eigenvalue weighted by molar-refractivity contribution is -0.170. The van der Waals surface area contributed by atoms with Crippen molar-refractivity contribution in [3.8, 4) is 0 Å². The summed E-state index contributed by atoms with van der Waals surface area (Å²) in [6.45, 7) is 16.8. The Bertz CT molecular complexity index is 507. The highest BCUT2D eigenvalue weighted by Crippen LogP contribution is 2.48. The van der Waals surface area contributed by atoms with Gasteiger partial charge in [-0.3, -0.25) is 4.79 Å². The first-order chi connectivity index (χ1) is 12.5. The number of nitrogens with zero attached hydrogens (tertiary/aromatic N) is 1. The molecule has 1 heterocycles. The second-order valence-corrected chi connectivity index (χ2v) is 11.7. The predicted molar refractivity (Wildman–Crippen MR) is 112 cm³/mol. The molecule has 27 heavy (non-hydrogen) atoms. The third-order valence-electron chi connectivity index (χ3n) is 7.66. The van der Waals surface area contributed by atoms with Gasteiger partial charge in [-0.25, -0.2) is 0 Å². The molecule has 3 aliphatic carbocycles. The van der Waals surface area contributed by atoms with Crippen LogP contribution in [0, 0.1) is 35.0 Å². The largest absolute Gasteiger partial charge is 0.459 e. The second-order valence-electron chi connectivity index (χ2n) is 11.7. The summed E-state index contributed by atoms with van der Waals surface area (Å²) in [7, 11) is 0. The summed E-state index contributed by atoms with van der Waals surface area (Å²) in [5, 5.41) is 0. The monoisotopic (exact) mass is 377 g/mol. The number of esters is 1. The van der Waals surface area contributed by atoms with Crippen molar-refractivity contribution in [1.82, 2.24) is 4.90 Å². The average molecular weight is 378 g/mol. The van der Waals surface area contributed by atoms with Gasteiger partial charge in [0.2, 0.25) is 0 Å². The standard InChI is InChI=1S/C24H43NO2/c1-17-11-19-12-20(13-19)15-24(6,14-17)27-22(26)18(2)16-25-9-7-21(8-10-25)23(3,4)5/h17-21H,7-16H2,1-6H3. The lowest BCUT2D eigenvalue weighted by Crippen LogP contribution is -2.45. The lowest BCUT2D eigenvalue weighted by Gasteiger charge is -2.46. The van der Waals surface area contributed by atoms with Crippen LogP contribution >= 0.6 is 0 Å². The van der Waals surface area contributed by atoms with E-state index in [1.807, 2.05) is 0 Å². The van der Waals surface area contributed by atoms with Gasteiger partial charge in [-0.05, 0) is 94.0 Å². The van der Waals surface area contributed by atoms with Crippen molar-refractivity contribution < 1.29 is 9.53 Å². The number of rotatable bonds is 4. The van der Waals surface area contributed by atoms with E-state index in [9.17, 15) is 4.79 Å². The Hall–Kier alpha value is -0.570. The number of carbonyl (C=O) groups excluding carboxylic acids is 1. The van der Waals surface area contributed by atoms with E-state index < -0.39 is 0 Å². The predicted octanol–water partition coefficient (Wildman–Crippen LogP) is 5.53. The van der Waals surface area contributed by atoms with Gasteiger partial charge in [0.15, 0.2) is 0 Å². The highest BCUT2D eigenvalue weighted by Gasteiger charge is 2.43. The molecule has 0 N–H and O–H groups in total. The van der Waals surface area contributed by atoms with Gasteiger partial charge in [-0.1, -0.05) is 34.6 Å². The van der Waals surface area contributed by atoms with Gasteiger partial charge >= 0.3 is 5.97 Å². The maximum absolute atomic E-state index is 12.9. The fourth-order valence-electron chi connectivity index (χ4n) is 6.19. The zero-order valence-corrected chi connectivity index (χ0v) is 18.7. The van der Waals surface area contributed by atoms with E-state index in [2.05, 4.69) is 46.4 Å². The number of fused-ring (bicyclic) bond motifs is 4. The first-order valence-electron chi connectivity index (χ1n) is 11.5. The molecule has 1 aliphatic heterocycles. The molecule has 0 spiro atoms. The molecule has 3 saturated carbocycles. The van der Waals surface area contributed by atoms with Crippen molar-refractivity contribution >= 4 is 5.97 Å². The Kier molecular flexibility index (Phi) is 6.30. The molecule has 3 unspecified atom stereocenters. The van der Waals surface area contributed by atoms with E-state index in [0.717, 1.165) is 50.2 Å². The summed E-state index contributed by atoms with van der Waals surface area (Å²) >= 11 is 0. The number of likely N-dealkylation sites (tertiary alicyclic amines) is 1. The van der Waals surface area contributed by atoms with Crippen LogP contribution in [0.4, 0.5) is 0 Å². The molecule has 3 heteroatoms. The molecule has 0 radical (unpaired) electrons. The topological polar surface area (TPSA) is 29.5 Å². The summed E-state index contributed by atoms with van der Waals surface area (Å²) in [4.78, 5) is 15.4. The molecule has 4 aliphatic rings. The maximum atomic E-state index is 12.9. The van der Waals surface area contributed by atoms with Crippen LogP contribution in [0.2, 0.25) is 0 Å². The highest BCUT2D eigenvalue weighted by atomic mass is 16.6. The average Bonchev–Trinajstić information content (AvgIpc) is 2.50. The van der Waals surface area contributed by atoms with Crippen LogP contribution in [0.5, 0.6) is 0 Å². The minimum atomic E-state index is -0.250. The maximum Gasteiger partial charge on any atom is 0.310 e. The van der Waals surface area contributed by atoms with E-state index in [1.54, 1.807) is 0 Å². The zero-order valence-electron chi connectivity index (χ0n) is 18.7. The van der Waals surface area contributed by atoms with Crippen molar-refractivity contribution in [3.63, 3.8) is 0 Å². The molecule has 4 rings (SSSR count). The Balaban J connectivity index is 1.48. The van der Waals surface area contributed by atoms with E-state index in [-0.39, 0.29) is 17.5 Å². The summed E-state index contributed by atoms with van der Waals surface area (Å²) in [6, 6.07) is 0. The van der Waals surface area contributed by atoms with Crippen LogP contribution in [-0.4, -0.2) is 36.1 Å². The molecule has 2 bridgehead atoms. The van der Waals surface area contributed by atoms with Gasteiger partial charge < -0.3 is 9.64 Å². The third-order valence-corrected chi connectivity index (χ3v) is 7.66. The summed E-state index contributed by atoms with van der Waals surface area (Å²) in [6.07, 6.45) is 8.65. The van der Waals surface area contributed by atoms with E-state index in [4.69, 9.17) is 4.74 Å². The van der Waals surface area contributed by atoms with Gasteiger partial charge in [0.1, 0.15) is 5.60 Å². The Labute approximate surface area is 167 Å². The molecule has 0 aromatic heterocycles. The summed E-state index contributed by atoms with van der Waals surface area (Å²) in [5.74, 6) is 3.20. The van der Waals surface area contributed by atoms with E-state index in [1.165, 1.54) is 32.1 Å². The number of ether oxygens (including phenoxy) is 1. The van der Waals surface area contributed by atoms with Gasteiger partial charge in [-0.15, -0.1) is 0 Å². The Morgan fingerprint density at radius 1 is 1.11 bits per heavy atom. The summed E-state index contributed by atoms with van der Waals surface area (Å²) < 4.78 is 6.19. The zero-order chi connectivity index (χ0) is 19.8. The lowest BCUT2D eigenvalue weighted by atomic mass is 9.63. The molecule has 3 atom stereocenters. The Morgan fingerprint density at radius 3 is 2.33 bits per heavy atom. The smallest absolute Gasteiger partial charge is 0.310 e. The number of piperidine rings is 1. The minimum absolute atomic E-state index is 0.0251. The van der Waals surface area contributed by atoms with Gasteiger partial charge in [-0.2, -0.15) is 0 Å². The molecular formula is C24H43NO2.